The van der Waals surface area contributed by atoms with E-state index in [0.717, 1.165) is 89.9 Å². The van der Waals surface area contributed by atoms with Gasteiger partial charge in [0.05, 0.1) is 0 Å². The molecule has 0 saturated carbocycles. The van der Waals surface area contributed by atoms with Gasteiger partial charge < -0.3 is 14.2 Å². The third-order valence-corrected chi connectivity index (χ3v) is 15.9. The van der Waals surface area contributed by atoms with Gasteiger partial charge in [-0.25, -0.2) is 0 Å². The fourth-order valence-electron chi connectivity index (χ4n) is 10.5. The predicted molar refractivity (Wildman–Crippen MR) is 358 cm³/mol. The Morgan fingerprint density at radius 1 is 0.244 bits per heavy atom. The second-order valence-electron chi connectivity index (χ2n) is 24.1. The molecular weight excluding hydrogens is 1010 g/mol. The molecule has 6 heteroatoms. The number of esters is 3. The number of carbonyl (C=O) groups is 3. The van der Waals surface area contributed by atoms with Gasteiger partial charge in [0.1, 0.15) is 13.2 Å². The van der Waals surface area contributed by atoms with E-state index in [0.29, 0.717) is 19.3 Å². The van der Waals surface area contributed by atoms with Crippen LogP contribution in [0.25, 0.3) is 0 Å². The van der Waals surface area contributed by atoms with Crippen LogP contribution in [-0.2, 0) is 28.6 Å². The van der Waals surface area contributed by atoms with Crippen LogP contribution in [0.3, 0.4) is 0 Å². The Morgan fingerprint density at radius 2 is 0.439 bits per heavy atom. The SMILES string of the molecule is CCCCC/C=C\C/C=C\CCCCCCCCCCCC(=O)OC(COC(=O)CCCCCCC/C=C\C/C=C\CCCCCC)COC(=O)CCCCCCCCCCCCCCCCCCC/C=C\C/C=C\CCCCCCC. The third kappa shape index (κ3) is 67.6. The van der Waals surface area contributed by atoms with Crippen molar-refractivity contribution in [1.82, 2.24) is 0 Å². The van der Waals surface area contributed by atoms with Crippen LogP contribution >= 0.6 is 0 Å². The lowest BCUT2D eigenvalue weighted by atomic mass is 10.0. The standard InChI is InChI=1S/C76H136O6/c1-4-7-10-13-16-19-22-25-28-31-33-34-35-36-37-38-39-40-41-42-44-45-48-51-54-57-60-63-66-69-75(78)81-72-73(71-80-74(77)68-65-62-59-56-53-50-47-30-27-24-21-18-15-12-9-6-3)82-76(79)70-67-64-61-58-55-52-49-46-43-32-29-26-23-20-17-14-11-8-5-2/h17,20-22,24-26,29-31,33,47,73H,4-16,18-19,23,27-28,32,34-46,48-72H2,1-3H3/b20-17-,24-21-,25-22-,29-26-,33-31-,47-30-. The van der Waals surface area contributed by atoms with Crippen molar-refractivity contribution in [1.29, 1.82) is 0 Å². The van der Waals surface area contributed by atoms with Crippen molar-refractivity contribution in [3.05, 3.63) is 72.9 Å². The van der Waals surface area contributed by atoms with E-state index in [2.05, 4.69) is 93.7 Å². The summed E-state index contributed by atoms with van der Waals surface area (Å²) in [6.07, 6.45) is 92.1. The average Bonchev–Trinajstić information content (AvgIpc) is 3.47. The molecule has 0 aromatic rings. The quantitative estimate of drug-likeness (QED) is 0.0261. The smallest absolute Gasteiger partial charge is 0.306 e. The van der Waals surface area contributed by atoms with Gasteiger partial charge in [0.25, 0.3) is 0 Å². The Balaban J connectivity index is 4.27. The van der Waals surface area contributed by atoms with Crippen molar-refractivity contribution in [3.8, 4) is 0 Å². The lowest BCUT2D eigenvalue weighted by Gasteiger charge is -2.18. The number of unbranched alkanes of at least 4 members (excludes halogenated alkanes) is 43. The lowest BCUT2D eigenvalue weighted by Crippen LogP contribution is -2.30. The van der Waals surface area contributed by atoms with Crippen LogP contribution in [0.5, 0.6) is 0 Å². The Hall–Kier alpha value is -3.15. The van der Waals surface area contributed by atoms with Crippen molar-refractivity contribution in [2.24, 2.45) is 0 Å². The Bertz CT molecular complexity index is 1500. The highest BCUT2D eigenvalue weighted by molar-refractivity contribution is 5.71. The summed E-state index contributed by atoms with van der Waals surface area (Å²) in [7, 11) is 0. The van der Waals surface area contributed by atoms with Crippen LogP contribution in [0.1, 0.15) is 374 Å². The number of carbonyl (C=O) groups excluding carboxylic acids is 3. The normalized spacial score (nSPS) is 12.5. The van der Waals surface area contributed by atoms with Gasteiger partial charge in [-0.3, -0.25) is 14.4 Å². The van der Waals surface area contributed by atoms with Gasteiger partial charge in [-0.05, 0) is 116 Å². The summed E-state index contributed by atoms with van der Waals surface area (Å²) in [4.78, 5) is 38.5. The van der Waals surface area contributed by atoms with Crippen LogP contribution < -0.4 is 0 Å². The van der Waals surface area contributed by atoms with E-state index in [1.54, 1.807) is 0 Å². The fourth-order valence-corrected chi connectivity index (χ4v) is 10.5. The van der Waals surface area contributed by atoms with Gasteiger partial charge in [0, 0.05) is 19.3 Å². The Kier molecular flexibility index (Phi) is 67.6. The Morgan fingerprint density at radius 3 is 0.707 bits per heavy atom. The molecular formula is C76H136O6. The van der Waals surface area contributed by atoms with Gasteiger partial charge in [0.15, 0.2) is 6.10 Å². The molecule has 1 unspecified atom stereocenters. The van der Waals surface area contributed by atoms with E-state index in [4.69, 9.17) is 14.2 Å². The zero-order chi connectivity index (χ0) is 59.2. The first-order chi connectivity index (χ1) is 40.5. The van der Waals surface area contributed by atoms with Crippen molar-refractivity contribution in [2.75, 3.05) is 13.2 Å². The van der Waals surface area contributed by atoms with E-state index < -0.39 is 6.10 Å². The van der Waals surface area contributed by atoms with E-state index in [1.807, 2.05) is 0 Å². The monoisotopic (exact) mass is 1150 g/mol. The van der Waals surface area contributed by atoms with E-state index in [1.165, 1.54) is 244 Å². The van der Waals surface area contributed by atoms with Crippen molar-refractivity contribution < 1.29 is 28.6 Å². The molecule has 0 heterocycles. The van der Waals surface area contributed by atoms with Gasteiger partial charge >= 0.3 is 17.9 Å². The van der Waals surface area contributed by atoms with Crippen molar-refractivity contribution in [2.45, 2.75) is 380 Å². The minimum Gasteiger partial charge on any atom is -0.462 e. The fraction of sp³-hybridized carbons (Fsp3) is 0.803. The molecule has 476 valence electrons. The molecule has 0 saturated heterocycles. The summed E-state index contributed by atoms with van der Waals surface area (Å²) < 4.78 is 17.0. The Labute approximate surface area is 510 Å². The minimum atomic E-state index is -0.785. The molecule has 0 amide bonds. The summed E-state index contributed by atoms with van der Waals surface area (Å²) in [6, 6.07) is 0. The average molecular weight is 1150 g/mol. The molecule has 0 aliphatic carbocycles. The van der Waals surface area contributed by atoms with Crippen LogP contribution in [-0.4, -0.2) is 37.2 Å². The highest BCUT2D eigenvalue weighted by Gasteiger charge is 2.19. The lowest BCUT2D eigenvalue weighted by molar-refractivity contribution is -0.167. The highest BCUT2D eigenvalue weighted by atomic mass is 16.6. The number of allylic oxidation sites excluding steroid dienone is 12. The summed E-state index contributed by atoms with van der Waals surface area (Å²) >= 11 is 0. The van der Waals surface area contributed by atoms with Crippen LogP contribution in [0, 0.1) is 0 Å². The molecule has 6 nitrogen and oxygen atoms in total. The molecule has 0 rings (SSSR count). The first kappa shape index (κ1) is 78.8. The molecule has 0 spiro atoms. The summed E-state index contributed by atoms with van der Waals surface area (Å²) in [5, 5.41) is 0. The van der Waals surface area contributed by atoms with E-state index >= 15 is 0 Å². The zero-order valence-electron chi connectivity index (χ0n) is 54.8. The second kappa shape index (κ2) is 70.3. The molecule has 0 radical (unpaired) electrons. The minimum absolute atomic E-state index is 0.0786. The van der Waals surface area contributed by atoms with Gasteiger partial charge in [-0.1, -0.05) is 312 Å². The highest BCUT2D eigenvalue weighted by Crippen LogP contribution is 2.18. The molecule has 0 fully saturated rings. The third-order valence-electron chi connectivity index (χ3n) is 15.9. The maximum absolute atomic E-state index is 13.0. The first-order valence-electron chi connectivity index (χ1n) is 35.9. The van der Waals surface area contributed by atoms with Crippen LogP contribution in [0.4, 0.5) is 0 Å². The number of ether oxygens (including phenoxy) is 3. The summed E-state index contributed by atoms with van der Waals surface area (Å²) in [5.74, 6) is -0.876. The molecule has 0 aliphatic rings. The van der Waals surface area contributed by atoms with Crippen molar-refractivity contribution in [3.63, 3.8) is 0 Å². The molecule has 0 aromatic carbocycles. The first-order valence-corrected chi connectivity index (χ1v) is 35.9. The summed E-state index contributed by atoms with van der Waals surface area (Å²) in [6.45, 7) is 6.63. The molecule has 0 aliphatic heterocycles. The number of hydrogen-bond donors (Lipinski definition) is 0. The number of hydrogen-bond acceptors (Lipinski definition) is 6. The molecule has 0 bridgehead atoms. The molecule has 1 atom stereocenters. The predicted octanol–water partition coefficient (Wildman–Crippen LogP) is 24.8. The second-order valence-corrected chi connectivity index (χ2v) is 24.1. The van der Waals surface area contributed by atoms with Gasteiger partial charge in [0.2, 0.25) is 0 Å². The van der Waals surface area contributed by atoms with Crippen LogP contribution in [0.2, 0.25) is 0 Å². The van der Waals surface area contributed by atoms with Gasteiger partial charge in [-0.15, -0.1) is 0 Å². The van der Waals surface area contributed by atoms with Crippen LogP contribution in [0.15, 0.2) is 72.9 Å². The maximum atomic E-state index is 13.0. The largest absolute Gasteiger partial charge is 0.462 e. The molecule has 82 heavy (non-hydrogen) atoms. The van der Waals surface area contributed by atoms with Gasteiger partial charge in [-0.2, -0.15) is 0 Å². The van der Waals surface area contributed by atoms with Crippen molar-refractivity contribution >= 4 is 17.9 Å². The van der Waals surface area contributed by atoms with E-state index in [9.17, 15) is 14.4 Å². The topological polar surface area (TPSA) is 78.9 Å². The number of rotatable bonds is 66. The molecule has 0 N–H and O–H groups in total. The van der Waals surface area contributed by atoms with E-state index in [-0.39, 0.29) is 31.1 Å². The zero-order valence-corrected chi connectivity index (χ0v) is 54.8. The summed E-state index contributed by atoms with van der Waals surface area (Å²) in [5.41, 5.74) is 0. The molecule has 0 aromatic heterocycles. The maximum Gasteiger partial charge on any atom is 0.306 e.